The molecule has 3 N–H and O–H groups in total. The van der Waals surface area contributed by atoms with Crippen LogP contribution in [0.1, 0.15) is 25.0 Å². The van der Waals surface area contributed by atoms with Gasteiger partial charge in [0.1, 0.15) is 0 Å². The minimum atomic E-state index is -0.462. The highest BCUT2D eigenvalue weighted by Crippen LogP contribution is 2.09. The average molecular weight is 220 g/mol. The summed E-state index contributed by atoms with van der Waals surface area (Å²) in [7, 11) is 0. The van der Waals surface area contributed by atoms with Gasteiger partial charge >= 0.3 is 6.03 Å². The van der Waals surface area contributed by atoms with Gasteiger partial charge in [-0.1, -0.05) is 38.1 Å². The van der Waals surface area contributed by atoms with Gasteiger partial charge in [-0.05, 0) is 29.9 Å². The van der Waals surface area contributed by atoms with E-state index in [9.17, 15) is 4.79 Å². The van der Waals surface area contributed by atoms with Crippen molar-refractivity contribution in [3.05, 3.63) is 35.4 Å². The Hall–Kier alpha value is -1.51. The molecule has 0 spiro atoms. The highest BCUT2D eigenvalue weighted by Gasteiger charge is 1.98. The van der Waals surface area contributed by atoms with Crippen LogP contribution in [0.25, 0.3) is 0 Å². The molecule has 3 nitrogen and oxygen atoms in total. The van der Waals surface area contributed by atoms with Gasteiger partial charge in [-0.3, -0.25) is 0 Å². The Morgan fingerprint density at radius 2 is 1.81 bits per heavy atom. The molecule has 0 aromatic heterocycles. The second-order valence-corrected chi connectivity index (χ2v) is 4.46. The molecule has 0 fully saturated rings. The summed E-state index contributed by atoms with van der Waals surface area (Å²) in [6, 6.07) is 8.07. The van der Waals surface area contributed by atoms with E-state index in [1.165, 1.54) is 11.1 Å². The minimum Gasteiger partial charge on any atom is -0.352 e. The molecule has 2 amide bonds. The van der Waals surface area contributed by atoms with Crippen LogP contribution in [0.5, 0.6) is 0 Å². The molecule has 0 aliphatic rings. The summed E-state index contributed by atoms with van der Waals surface area (Å²) in [6.07, 6.45) is 1.94. The summed E-state index contributed by atoms with van der Waals surface area (Å²) in [4.78, 5) is 10.5. The average Bonchev–Trinajstić information content (AvgIpc) is 2.19. The molecular weight excluding hydrogens is 200 g/mol. The van der Waals surface area contributed by atoms with Gasteiger partial charge in [0.05, 0.1) is 0 Å². The first-order chi connectivity index (χ1) is 7.58. The lowest BCUT2D eigenvalue weighted by Crippen LogP contribution is -2.30. The number of urea groups is 1. The summed E-state index contributed by atoms with van der Waals surface area (Å²) in [6.45, 7) is 5.02. The van der Waals surface area contributed by atoms with Crippen molar-refractivity contribution in [1.82, 2.24) is 5.32 Å². The number of carbonyl (C=O) groups excluding carboxylic acids is 1. The number of nitrogens with one attached hydrogen (secondary N) is 1. The largest absolute Gasteiger partial charge is 0.352 e. The van der Waals surface area contributed by atoms with E-state index in [1.54, 1.807) is 0 Å². The maximum atomic E-state index is 10.5. The van der Waals surface area contributed by atoms with E-state index in [0.717, 1.165) is 12.8 Å². The van der Waals surface area contributed by atoms with Crippen LogP contribution >= 0.6 is 0 Å². The number of benzene rings is 1. The highest BCUT2D eigenvalue weighted by atomic mass is 16.2. The fourth-order valence-electron chi connectivity index (χ4n) is 1.64. The Kier molecular flexibility index (Phi) is 4.83. The van der Waals surface area contributed by atoms with Crippen LogP contribution in [-0.4, -0.2) is 12.6 Å². The normalized spacial score (nSPS) is 10.4. The van der Waals surface area contributed by atoms with Crippen LogP contribution in [0.3, 0.4) is 0 Å². The van der Waals surface area contributed by atoms with Gasteiger partial charge in [0.2, 0.25) is 0 Å². The third kappa shape index (κ3) is 4.82. The number of nitrogens with two attached hydrogens (primary N) is 1. The number of primary amides is 1. The molecule has 88 valence electrons. The van der Waals surface area contributed by atoms with Crippen molar-refractivity contribution in [2.45, 2.75) is 26.7 Å². The third-order valence-electron chi connectivity index (χ3n) is 2.38. The molecule has 1 rings (SSSR count). The zero-order valence-corrected chi connectivity index (χ0v) is 9.99. The molecule has 0 aliphatic carbocycles. The summed E-state index contributed by atoms with van der Waals surface area (Å²) in [5.74, 6) is 0.683. The number of hydrogen-bond acceptors (Lipinski definition) is 1. The molecule has 3 heteroatoms. The topological polar surface area (TPSA) is 55.1 Å². The van der Waals surface area contributed by atoms with Crippen molar-refractivity contribution in [2.75, 3.05) is 6.54 Å². The third-order valence-corrected chi connectivity index (χ3v) is 2.38. The Balaban J connectivity index is 2.42. The molecule has 1 aromatic carbocycles. The summed E-state index contributed by atoms with van der Waals surface area (Å²) >= 11 is 0. The van der Waals surface area contributed by atoms with Gasteiger partial charge in [0.25, 0.3) is 0 Å². The lowest BCUT2D eigenvalue weighted by Gasteiger charge is -2.06. The van der Waals surface area contributed by atoms with E-state index in [2.05, 4.69) is 43.4 Å². The molecule has 0 atom stereocenters. The van der Waals surface area contributed by atoms with Crippen molar-refractivity contribution in [2.24, 2.45) is 11.7 Å². The van der Waals surface area contributed by atoms with E-state index in [1.807, 2.05) is 0 Å². The fraction of sp³-hybridized carbons (Fsp3) is 0.462. The molecule has 0 bridgehead atoms. The number of amides is 2. The molecule has 0 aliphatic heterocycles. The molecule has 0 heterocycles. The van der Waals surface area contributed by atoms with E-state index >= 15 is 0 Å². The van der Waals surface area contributed by atoms with Crippen molar-refractivity contribution in [3.63, 3.8) is 0 Å². The predicted octanol–water partition coefficient (Wildman–Crippen LogP) is 2.10. The van der Waals surface area contributed by atoms with Crippen LogP contribution in [0.15, 0.2) is 24.3 Å². The zero-order valence-electron chi connectivity index (χ0n) is 9.99. The first-order valence-corrected chi connectivity index (χ1v) is 5.69. The molecule has 0 saturated heterocycles. The van der Waals surface area contributed by atoms with Crippen molar-refractivity contribution < 1.29 is 4.79 Å². The Morgan fingerprint density at radius 1 is 1.25 bits per heavy atom. The number of carbonyl (C=O) groups is 1. The molecule has 0 saturated carbocycles. The van der Waals surface area contributed by atoms with Gasteiger partial charge in [-0.15, -0.1) is 0 Å². The summed E-state index contributed by atoms with van der Waals surface area (Å²) < 4.78 is 0. The molecule has 0 unspecified atom stereocenters. The molecule has 16 heavy (non-hydrogen) atoms. The predicted molar refractivity (Wildman–Crippen MR) is 66.3 cm³/mol. The first kappa shape index (κ1) is 12.6. The SMILES string of the molecule is CC(C)Cc1ccc(CCNC(N)=O)cc1. The standard InChI is InChI=1S/C13H20N2O/c1-10(2)9-12-5-3-11(4-6-12)7-8-15-13(14)16/h3-6,10H,7-9H2,1-2H3,(H3,14,15,16). The summed E-state index contributed by atoms with van der Waals surface area (Å²) in [5.41, 5.74) is 7.57. The van der Waals surface area contributed by atoms with Gasteiger partial charge in [-0.25, -0.2) is 4.79 Å². The molecule has 0 radical (unpaired) electrons. The van der Waals surface area contributed by atoms with E-state index in [0.29, 0.717) is 12.5 Å². The van der Waals surface area contributed by atoms with E-state index in [-0.39, 0.29) is 0 Å². The van der Waals surface area contributed by atoms with E-state index in [4.69, 9.17) is 5.73 Å². The lowest BCUT2D eigenvalue weighted by molar-refractivity contribution is 0.249. The van der Waals surface area contributed by atoms with Crippen LogP contribution < -0.4 is 11.1 Å². The second kappa shape index (κ2) is 6.16. The maximum Gasteiger partial charge on any atom is 0.312 e. The Morgan fingerprint density at radius 3 is 2.31 bits per heavy atom. The fourth-order valence-corrected chi connectivity index (χ4v) is 1.64. The van der Waals surface area contributed by atoms with Crippen LogP contribution in [0.4, 0.5) is 4.79 Å². The lowest BCUT2D eigenvalue weighted by atomic mass is 10.0. The first-order valence-electron chi connectivity index (χ1n) is 5.69. The Bertz CT molecular complexity index is 330. The second-order valence-electron chi connectivity index (χ2n) is 4.46. The van der Waals surface area contributed by atoms with Crippen molar-refractivity contribution >= 4 is 6.03 Å². The van der Waals surface area contributed by atoms with E-state index < -0.39 is 6.03 Å². The highest BCUT2D eigenvalue weighted by molar-refractivity contribution is 5.71. The van der Waals surface area contributed by atoms with Crippen molar-refractivity contribution in [1.29, 1.82) is 0 Å². The Labute approximate surface area is 97.0 Å². The molecular formula is C13H20N2O. The quantitative estimate of drug-likeness (QED) is 0.784. The zero-order chi connectivity index (χ0) is 12.0. The maximum absolute atomic E-state index is 10.5. The minimum absolute atomic E-state index is 0.462. The smallest absolute Gasteiger partial charge is 0.312 e. The van der Waals surface area contributed by atoms with Gasteiger partial charge in [0, 0.05) is 6.54 Å². The van der Waals surface area contributed by atoms with Gasteiger partial charge < -0.3 is 11.1 Å². The van der Waals surface area contributed by atoms with Gasteiger partial charge in [0.15, 0.2) is 0 Å². The van der Waals surface area contributed by atoms with Gasteiger partial charge in [-0.2, -0.15) is 0 Å². The monoisotopic (exact) mass is 220 g/mol. The number of rotatable bonds is 5. The van der Waals surface area contributed by atoms with Crippen LogP contribution in [-0.2, 0) is 12.8 Å². The molecule has 1 aromatic rings. The number of hydrogen-bond donors (Lipinski definition) is 2. The van der Waals surface area contributed by atoms with Crippen molar-refractivity contribution in [3.8, 4) is 0 Å². The van der Waals surface area contributed by atoms with Crippen LogP contribution in [0, 0.1) is 5.92 Å². The summed E-state index contributed by atoms with van der Waals surface area (Å²) in [5, 5.41) is 2.58. The van der Waals surface area contributed by atoms with Crippen LogP contribution in [0.2, 0.25) is 0 Å².